The lowest BCUT2D eigenvalue weighted by atomic mass is 9.97. The number of aliphatic carboxylic acids is 1. The van der Waals surface area contributed by atoms with Crippen LogP contribution in [0.25, 0.3) is 0 Å². The molecule has 134 valence electrons. The molecule has 0 atom stereocenters. The molecule has 0 spiro atoms. The Morgan fingerprint density at radius 3 is 2.68 bits per heavy atom. The second-order valence-electron chi connectivity index (χ2n) is 6.53. The minimum Gasteiger partial charge on any atom is -0.481 e. The van der Waals surface area contributed by atoms with E-state index in [-0.39, 0.29) is 11.7 Å². The molecule has 1 saturated heterocycles. The average Bonchev–Trinajstić information content (AvgIpc) is 2.97. The fourth-order valence-corrected chi connectivity index (χ4v) is 3.05. The molecule has 1 aliphatic heterocycles. The zero-order chi connectivity index (χ0) is 18.0. The number of likely N-dealkylation sites (tertiary alicyclic amines) is 1. The number of H-pyrrole nitrogens is 1. The molecule has 0 amide bonds. The third-order valence-corrected chi connectivity index (χ3v) is 4.48. The van der Waals surface area contributed by atoms with Gasteiger partial charge in [0.05, 0.1) is 11.6 Å². The zero-order valence-corrected chi connectivity index (χ0v) is 14.3. The third kappa shape index (κ3) is 4.14. The van der Waals surface area contributed by atoms with Gasteiger partial charge in [0, 0.05) is 18.3 Å². The van der Waals surface area contributed by atoms with Gasteiger partial charge in [-0.3, -0.25) is 14.8 Å². The van der Waals surface area contributed by atoms with Gasteiger partial charge < -0.3 is 10.4 Å². The molecule has 2 aromatic heterocycles. The predicted molar refractivity (Wildman–Crippen MR) is 91.2 cm³/mol. The first-order valence-electron chi connectivity index (χ1n) is 8.32. The molecule has 3 N–H and O–H groups in total. The number of hydrogen-bond donors (Lipinski definition) is 3. The van der Waals surface area contributed by atoms with Crippen molar-refractivity contribution in [2.24, 2.45) is 5.92 Å². The molecule has 0 bridgehead atoms. The summed E-state index contributed by atoms with van der Waals surface area (Å²) in [5, 5.41) is 19.1. The van der Waals surface area contributed by atoms with Gasteiger partial charge in [0.2, 0.25) is 0 Å². The third-order valence-electron chi connectivity index (χ3n) is 4.48. The molecule has 0 radical (unpaired) electrons. The van der Waals surface area contributed by atoms with Crippen LogP contribution >= 0.6 is 0 Å². The largest absolute Gasteiger partial charge is 0.481 e. The highest BCUT2D eigenvalue weighted by atomic mass is 19.1. The highest BCUT2D eigenvalue weighted by Crippen LogP contribution is 2.23. The van der Waals surface area contributed by atoms with Gasteiger partial charge in [0.15, 0.2) is 5.82 Å². The molecule has 1 fully saturated rings. The predicted octanol–water partition coefficient (Wildman–Crippen LogP) is 2.60. The Balaban J connectivity index is 1.71. The van der Waals surface area contributed by atoms with E-state index in [1.165, 1.54) is 0 Å². The fourth-order valence-electron chi connectivity index (χ4n) is 3.05. The first-order valence-corrected chi connectivity index (χ1v) is 8.32. The summed E-state index contributed by atoms with van der Waals surface area (Å²) in [4.78, 5) is 17.5. The maximum atomic E-state index is 14.5. The SMILES string of the molecule is Cc1cc(Nc2cc(C)c(F)c(CN3CCC(C(=O)O)CC3)n2)n[nH]1. The summed E-state index contributed by atoms with van der Waals surface area (Å²) in [7, 11) is 0. The molecule has 0 aliphatic carbocycles. The standard InChI is InChI=1S/C17H22FN5O2/c1-10-7-14(20-15-8-11(2)21-22-15)19-13(16(10)18)9-23-5-3-12(4-6-23)17(24)25/h7-8,12H,3-6,9H2,1-2H3,(H,24,25)(H2,19,20,21,22). The lowest BCUT2D eigenvalue weighted by Gasteiger charge is -2.29. The second-order valence-corrected chi connectivity index (χ2v) is 6.53. The quantitative estimate of drug-likeness (QED) is 0.770. The highest BCUT2D eigenvalue weighted by molar-refractivity contribution is 5.70. The van der Waals surface area contributed by atoms with E-state index < -0.39 is 5.97 Å². The number of nitrogens with one attached hydrogen (secondary N) is 2. The average molecular weight is 347 g/mol. The van der Waals surface area contributed by atoms with Crippen molar-refractivity contribution in [3.63, 3.8) is 0 Å². The summed E-state index contributed by atoms with van der Waals surface area (Å²) in [6.07, 6.45) is 1.17. The number of nitrogens with zero attached hydrogens (tertiary/aromatic N) is 3. The van der Waals surface area contributed by atoms with Gasteiger partial charge in [-0.05, 0) is 51.4 Å². The molecular weight excluding hydrogens is 325 g/mol. The number of rotatable bonds is 5. The van der Waals surface area contributed by atoms with Gasteiger partial charge in [0.25, 0.3) is 0 Å². The molecule has 1 aliphatic rings. The Bertz CT molecular complexity index is 768. The summed E-state index contributed by atoms with van der Waals surface area (Å²) in [6.45, 7) is 5.24. The van der Waals surface area contributed by atoms with Gasteiger partial charge in [-0.15, -0.1) is 0 Å². The van der Waals surface area contributed by atoms with E-state index in [2.05, 4.69) is 20.5 Å². The Hall–Kier alpha value is -2.48. The van der Waals surface area contributed by atoms with Gasteiger partial charge >= 0.3 is 5.97 Å². The number of anilines is 2. The normalized spacial score (nSPS) is 16.1. The lowest BCUT2D eigenvalue weighted by Crippen LogP contribution is -2.36. The molecule has 0 saturated carbocycles. The van der Waals surface area contributed by atoms with Crippen LogP contribution < -0.4 is 5.32 Å². The maximum absolute atomic E-state index is 14.5. The van der Waals surface area contributed by atoms with Gasteiger partial charge in [0.1, 0.15) is 11.6 Å². The summed E-state index contributed by atoms with van der Waals surface area (Å²) < 4.78 is 14.5. The monoisotopic (exact) mass is 347 g/mol. The molecule has 0 unspecified atom stereocenters. The maximum Gasteiger partial charge on any atom is 0.306 e. The van der Waals surface area contributed by atoms with Crippen LogP contribution in [0.5, 0.6) is 0 Å². The number of carboxylic acids is 1. The minimum atomic E-state index is -0.750. The van der Waals surface area contributed by atoms with Crippen molar-refractivity contribution >= 4 is 17.6 Å². The van der Waals surface area contributed by atoms with Crippen LogP contribution in [0.3, 0.4) is 0 Å². The molecule has 25 heavy (non-hydrogen) atoms. The first kappa shape index (κ1) is 17.3. The number of piperidine rings is 1. The topological polar surface area (TPSA) is 94.1 Å². The van der Waals surface area contributed by atoms with Crippen molar-refractivity contribution in [3.8, 4) is 0 Å². The van der Waals surface area contributed by atoms with E-state index in [0.717, 1.165) is 5.69 Å². The number of hydrogen-bond acceptors (Lipinski definition) is 5. The van der Waals surface area contributed by atoms with E-state index >= 15 is 0 Å². The van der Waals surface area contributed by atoms with Crippen molar-refractivity contribution in [3.05, 3.63) is 34.9 Å². The van der Waals surface area contributed by atoms with Gasteiger partial charge in [-0.1, -0.05) is 0 Å². The number of aromatic nitrogens is 3. The number of carbonyl (C=O) groups is 1. The molecular formula is C17H22FN5O2. The summed E-state index contributed by atoms with van der Waals surface area (Å²) in [5.41, 5.74) is 1.80. The number of halogens is 1. The smallest absolute Gasteiger partial charge is 0.306 e. The van der Waals surface area contributed by atoms with E-state index in [1.807, 2.05) is 17.9 Å². The molecule has 3 rings (SSSR count). The van der Waals surface area contributed by atoms with Crippen molar-refractivity contribution in [1.82, 2.24) is 20.1 Å². The first-order chi connectivity index (χ1) is 11.9. The van der Waals surface area contributed by atoms with Crippen LogP contribution in [0, 0.1) is 25.6 Å². The number of aryl methyl sites for hydroxylation is 2. The van der Waals surface area contributed by atoms with Gasteiger partial charge in [-0.25, -0.2) is 9.37 Å². The Labute approximate surface area is 145 Å². The summed E-state index contributed by atoms with van der Waals surface area (Å²) in [6, 6.07) is 3.50. The molecule has 0 aromatic carbocycles. The van der Waals surface area contributed by atoms with Crippen molar-refractivity contribution in [2.45, 2.75) is 33.2 Å². The van der Waals surface area contributed by atoms with E-state index in [0.29, 0.717) is 55.4 Å². The van der Waals surface area contributed by atoms with Crippen LogP contribution in [0.2, 0.25) is 0 Å². The van der Waals surface area contributed by atoms with Crippen LogP contribution in [-0.4, -0.2) is 44.2 Å². The van der Waals surface area contributed by atoms with Crippen LogP contribution in [0.15, 0.2) is 12.1 Å². The number of pyridine rings is 1. The molecule has 8 heteroatoms. The van der Waals surface area contributed by atoms with Crippen molar-refractivity contribution in [1.29, 1.82) is 0 Å². The lowest BCUT2D eigenvalue weighted by molar-refractivity contribution is -0.143. The Morgan fingerprint density at radius 2 is 2.08 bits per heavy atom. The second kappa shape index (κ2) is 7.18. The van der Waals surface area contributed by atoms with E-state index in [1.54, 1.807) is 13.0 Å². The van der Waals surface area contributed by atoms with Gasteiger partial charge in [-0.2, -0.15) is 5.10 Å². The zero-order valence-electron chi connectivity index (χ0n) is 14.3. The van der Waals surface area contributed by atoms with E-state index in [4.69, 9.17) is 5.11 Å². The summed E-state index contributed by atoms with van der Waals surface area (Å²) in [5.74, 6) is -0.193. The number of aromatic amines is 1. The van der Waals surface area contributed by atoms with Crippen LogP contribution in [-0.2, 0) is 11.3 Å². The fraction of sp³-hybridized carbons (Fsp3) is 0.471. The Morgan fingerprint density at radius 1 is 1.36 bits per heavy atom. The summed E-state index contributed by atoms with van der Waals surface area (Å²) >= 11 is 0. The Kier molecular flexibility index (Phi) is 4.98. The molecule has 7 nitrogen and oxygen atoms in total. The van der Waals surface area contributed by atoms with Crippen LogP contribution in [0.1, 0.15) is 29.8 Å². The van der Waals surface area contributed by atoms with Crippen LogP contribution in [0.4, 0.5) is 16.0 Å². The molecule has 2 aromatic rings. The number of carboxylic acid groups (broad SMARTS) is 1. The highest BCUT2D eigenvalue weighted by Gasteiger charge is 2.25. The minimum absolute atomic E-state index is 0.299. The van der Waals surface area contributed by atoms with Crippen molar-refractivity contribution in [2.75, 3.05) is 18.4 Å². The molecule has 3 heterocycles. The van der Waals surface area contributed by atoms with Crippen molar-refractivity contribution < 1.29 is 14.3 Å². The van der Waals surface area contributed by atoms with E-state index in [9.17, 15) is 9.18 Å².